The van der Waals surface area contributed by atoms with Crippen LogP contribution in [0.5, 0.6) is 0 Å². The van der Waals surface area contributed by atoms with E-state index < -0.39 is 0 Å². The van der Waals surface area contributed by atoms with E-state index in [2.05, 4.69) is 50.5 Å². The molecule has 1 unspecified atom stereocenters. The van der Waals surface area contributed by atoms with E-state index in [1.54, 1.807) is 0 Å². The zero-order chi connectivity index (χ0) is 18.2. The van der Waals surface area contributed by atoms with E-state index in [9.17, 15) is 4.79 Å². The van der Waals surface area contributed by atoms with Crippen LogP contribution >= 0.6 is 0 Å². The van der Waals surface area contributed by atoms with Gasteiger partial charge < -0.3 is 38.9 Å². The molecular weight excluding hydrogens is 439 g/mol. The molecule has 5 heteroatoms. The Bertz CT molecular complexity index is 533. The minimum absolute atomic E-state index is 0. The predicted molar refractivity (Wildman–Crippen MR) is 102 cm³/mol. The zero-order valence-corrected chi connectivity index (χ0v) is 18.8. The Morgan fingerprint density at radius 2 is 1.96 bits per heavy atom. The van der Waals surface area contributed by atoms with E-state index in [-0.39, 0.29) is 35.8 Å². The zero-order valence-electron chi connectivity index (χ0n) is 16.7. The highest BCUT2D eigenvalue weighted by molar-refractivity contribution is 5.83. The Hall–Kier alpha value is -0.660. The van der Waals surface area contributed by atoms with Crippen molar-refractivity contribution >= 4 is 5.91 Å². The molecule has 1 aromatic carbocycles. The van der Waals surface area contributed by atoms with Gasteiger partial charge in [-0.2, -0.15) is 0 Å². The number of rotatable bonds is 8. The van der Waals surface area contributed by atoms with Gasteiger partial charge in [0.1, 0.15) is 19.2 Å². The van der Waals surface area contributed by atoms with Crippen molar-refractivity contribution in [2.24, 2.45) is 5.92 Å². The summed E-state index contributed by atoms with van der Waals surface area (Å²) >= 11 is 0. The van der Waals surface area contributed by atoms with Gasteiger partial charge in [0, 0.05) is 6.54 Å². The minimum Gasteiger partial charge on any atom is -1.00 e. The quantitative estimate of drug-likeness (QED) is 0.368. The highest BCUT2D eigenvalue weighted by atomic mass is 127. The number of hydrogen-bond acceptors (Lipinski definition) is 2. The van der Waals surface area contributed by atoms with Crippen LogP contribution in [0.4, 0.5) is 0 Å². The van der Waals surface area contributed by atoms with Crippen LogP contribution < -0.4 is 34.2 Å². The third kappa shape index (κ3) is 7.92. The fourth-order valence-electron chi connectivity index (χ4n) is 3.39. The number of amides is 1. The molecule has 1 aromatic rings. The third-order valence-electron chi connectivity index (χ3n) is 4.98. The maximum Gasteiger partial charge on any atom is 0.227 e. The first-order valence-corrected chi connectivity index (χ1v) is 9.75. The van der Waals surface area contributed by atoms with Gasteiger partial charge in [0.2, 0.25) is 5.91 Å². The van der Waals surface area contributed by atoms with Gasteiger partial charge >= 0.3 is 0 Å². The second-order valence-corrected chi connectivity index (χ2v) is 7.90. The monoisotopic (exact) mass is 474 g/mol. The molecule has 0 bridgehead atoms. The van der Waals surface area contributed by atoms with Crippen LogP contribution in [0.2, 0.25) is 0 Å². The van der Waals surface area contributed by atoms with Crippen molar-refractivity contribution in [1.29, 1.82) is 0 Å². The highest BCUT2D eigenvalue weighted by Crippen LogP contribution is 2.17. The normalized spacial score (nSPS) is 21.1. The van der Waals surface area contributed by atoms with Gasteiger partial charge in [0.05, 0.1) is 19.6 Å². The van der Waals surface area contributed by atoms with E-state index in [0.29, 0.717) is 12.0 Å². The number of benzene rings is 1. The first kappa shape index (κ1) is 23.4. The standard InChI is InChI=1S/C21H34N2O2.HI/c1-16(2)14-18-7-9-19(10-8-18)17(3)21(24)22-11-5-6-20-15-23(4)12-13-25-20;/h7-10,16-17,20H,5-6,11-15H2,1-4H3,(H,22,24);1H/t17-,20-;/m1./s1. The van der Waals surface area contributed by atoms with Crippen molar-refractivity contribution in [1.82, 2.24) is 5.32 Å². The van der Waals surface area contributed by atoms with Crippen molar-refractivity contribution in [2.75, 3.05) is 33.3 Å². The van der Waals surface area contributed by atoms with Gasteiger partial charge in [-0.3, -0.25) is 4.79 Å². The van der Waals surface area contributed by atoms with Gasteiger partial charge in [-0.15, -0.1) is 0 Å². The molecule has 0 saturated carbocycles. The van der Waals surface area contributed by atoms with Crippen LogP contribution in [-0.2, 0) is 16.0 Å². The molecule has 0 radical (unpaired) electrons. The summed E-state index contributed by atoms with van der Waals surface area (Å²) < 4.78 is 5.78. The summed E-state index contributed by atoms with van der Waals surface area (Å²) in [6, 6.07) is 8.49. The van der Waals surface area contributed by atoms with Crippen molar-refractivity contribution < 1.29 is 38.4 Å². The van der Waals surface area contributed by atoms with E-state index in [1.165, 1.54) is 10.5 Å². The Balaban J connectivity index is 0.00000338. The van der Waals surface area contributed by atoms with Gasteiger partial charge in [-0.1, -0.05) is 38.1 Å². The maximum absolute atomic E-state index is 12.4. The molecular formula is C21H35IN2O2. The Kier molecular flexibility index (Phi) is 10.7. The average molecular weight is 474 g/mol. The van der Waals surface area contributed by atoms with E-state index in [4.69, 9.17) is 4.74 Å². The first-order valence-electron chi connectivity index (χ1n) is 9.75. The van der Waals surface area contributed by atoms with Crippen LogP contribution in [0.15, 0.2) is 24.3 Å². The van der Waals surface area contributed by atoms with Gasteiger partial charge in [0.25, 0.3) is 0 Å². The molecule has 2 rings (SSSR count). The molecule has 0 aliphatic carbocycles. The second-order valence-electron chi connectivity index (χ2n) is 7.90. The number of ether oxygens (including phenoxy) is 1. The molecule has 4 nitrogen and oxygen atoms in total. The molecule has 1 amide bonds. The van der Waals surface area contributed by atoms with E-state index in [1.807, 2.05) is 6.92 Å². The number of carbonyl (C=O) groups is 1. The summed E-state index contributed by atoms with van der Waals surface area (Å²) in [5, 5.41) is 3.08. The molecule has 1 aliphatic heterocycles. The van der Waals surface area contributed by atoms with Crippen LogP contribution in [0, 0.1) is 5.92 Å². The SMILES string of the molecule is CC(C)Cc1ccc([C@@H](C)C(=O)NCCC[C@@H]2C[NH+](C)CCO2)cc1.[I-]. The summed E-state index contributed by atoms with van der Waals surface area (Å²) in [4.78, 5) is 13.9. The number of hydrogen-bond donors (Lipinski definition) is 2. The molecule has 1 heterocycles. The lowest BCUT2D eigenvalue weighted by molar-refractivity contribution is -0.892. The lowest BCUT2D eigenvalue weighted by atomic mass is 9.96. The second kappa shape index (κ2) is 11.9. The van der Waals surface area contributed by atoms with Crippen molar-refractivity contribution in [2.45, 2.75) is 52.1 Å². The third-order valence-corrected chi connectivity index (χ3v) is 4.98. The molecule has 26 heavy (non-hydrogen) atoms. The maximum atomic E-state index is 12.4. The lowest BCUT2D eigenvalue weighted by Crippen LogP contribution is -3.12. The first-order chi connectivity index (χ1) is 12.0. The smallest absolute Gasteiger partial charge is 0.227 e. The molecule has 1 saturated heterocycles. The molecule has 3 atom stereocenters. The highest BCUT2D eigenvalue weighted by Gasteiger charge is 2.20. The van der Waals surface area contributed by atoms with Crippen molar-refractivity contribution in [3.63, 3.8) is 0 Å². The molecule has 148 valence electrons. The molecule has 0 aromatic heterocycles. The van der Waals surface area contributed by atoms with Crippen LogP contribution in [0.1, 0.15) is 50.7 Å². The Labute approximate surface area is 176 Å². The number of halogens is 1. The van der Waals surface area contributed by atoms with Crippen LogP contribution in [-0.4, -0.2) is 45.3 Å². The van der Waals surface area contributed by atoms with Crippen LogP contribution in [0.25, 0.3) is 0 Å². The lowest BCUT2D eigenvalue weighted by Gasteiger charge is -2.27. The van der Waals surface area contributed by atoms with Gasteiger partial charge in [0.15, 0.2) is 0 Å². The largest absolute Gasteiger partial charge is 1.00 e. The van der Waals surface area contributed by atoms with Crippen LogP contribution in [0.3, 0.4) is 0 Å². The fourth-order valence-corrected chi connectivity index (χ4v) is 3.39. The summed E-state index contributed by atoms with van der Waals surface area (Å²) in [6.45, 7) is 10.2. The average Bonchev–Trinajstić information content (AvgIpc) is 2.58. The summed E-state index contributed by atoms with van der Waals surface area (Å²) in [6.07, 6.45) is 3.43. The van der Waals surface area contributed by atoms with E-state index >= 15 is 0 Å². The van der Waals surface area contributed by atoms with Crippen molar-refractivity contribution in [3.05, 3.63) is 35.4 Å². The molecule has 1 fully saturated rings. The molecule has 1 aliphatic rings. The van der Waals surface area contributed by atoms with E-state index in [0.717, 1.165) is 51.1 Å². The molecule has 0 spiro atoms. The summed E-state index contributed by atoms with van der Waals surface area (Å²) in [5.74, 6) is 0.666. The minimum atomic E-state index is -0.102. The fraction of sp³-hybridized carbons (Fsp3) is 0.667. The number of likely N-dealkylation sites (N-methyl/N-ethyl adjacent to an activating group) is 1. The number of quaternary nitrogens is 1. The predicted octanol–water partition coefficient (Wildman–Crippen LogP) is -1.20. The Morgan fingerprint density at radius 3 is 2.58 bits per heavy atom. The van der Waals surface area contributed by atoms with Gasteiger partial charge in [-0.25, -0.2) is 0 Å². The van der Waals surface area contributed by atoms with Gasteiger partial charge in [-0.05, 0) is 43.2 Å². The summed E-state index contributed by atoms with van der Waals surface area (Å²) in [5.41, 5.74) is 2.43. The molecule has 2 N–H and O–H groups in total. The summed E-state index contributed by atoms with van der Waals surface area (Å²) in [7, 11) is 2.21. The number of carbonyl (C=O) groups excluding carboxylic acids is 1. The number of nitrogens with one attached hydrogen (secondary N) is 2. The van der Waals surface area contributed by atoms with Crippen molar-refractivity contribution in [3.8, 4) is 0 Å². The Morgan fingerprint density at radius 1 is 1.27 bits per heavy atom. The number of morpholine rings is 1. The topological polar surface area (TPSA) is 42.8 Å².